The number of rotatable bonds is 7. The minimum absolute atomic E-state index is 0.154. The number of nitrogens with zero attached hydrogens (tertiary/aromatic N) is 1. The van der Waals surface area contributed by atoms with E-state index in [1.54, 1.807) is 48.5 Å². The SMILES string of the molecule is Cc1ccc(CN2C(=O)O[C@@H](c3cccc(NC(=O)c4ccccc4)c3)[C@H]2C(=O)Nc2ccc(F)cc2)cc1. The van der Waals surface area contributed by atoms with Gasteiger partial charge < -0.3 is 15.4 Å². The van der Waals surface area contributed by atoms with E-state index in [1.807, 2.05) is 37.3 Å². The van der Waals surface area contributed by atoms with Crippen molar-refractivity contribution >= 4 is 29.3 Å². The minimum Gasteiger partial charge on any atom is -0.438 e. The molecule has 4 aromatic carbocycles. The van der Waals surface area contributed by atoms with Gasteiger partial charge in [0.1, 0.15) is 5.82 Å². The first kappa shape index (κ1) is 25.7. The van der Waals surface area contributed by atoms with Gasteiger partial charge in [0, 0.05) is 16.9 Å². The summed E-state index contributed by atoms with van der Waals surface area (Å²) in [5.41, 5.74) is 3.82. The van der Waals surface area contributed by atoms with Gasteiger partial charge in [-0.25, -0.2) is 9.18 Å². The van der Waals surface area contributed by atoms with Crippen LogP contribution in [0.25, 0.3) is 0 Å². The van der Waals surface area contributed by atoms with Gasteiger partial charge in [-0.3, -0.25) is 14.5 Å². The van der Waals surface area contributed by atoms with Gasteiger partial charge in [0.05, 0.1) is 6.54 Å². The van der Waals surface area contributed by atoms with E-state index in [-0.39, 0.29) is 12.5 Å². The molecule has 2 atom stereocenters. The summed E-state index contributed by atoms with van der Waals surface area (Å²) in [7, 11) is 0. The Morgan fingerprint density at radius 1 is 0.846 bits per heavy atom. The summed E-state index contributed by atoms with van der Waals surface area (Å²) in [5.74, 6) is -1.20. The van der Waals surface area contributed by atoms with Crippen LogP contribution in [0, 0.1) is 12.7 Å². The van der Waals surface area contributed by atoms with Gasteiger partial charge in [0.2, 0.25) is 0 Å². The molecule has 0 radical (unpaired) electrons. The molecule has 1 heterocycles. The van der Waals surface area contributed by atoms with Crippen molar-refractivity contribution in [3.05, 3.63) is 131 Å². The lowest BCUT2D eigenvalue weighted by Gasteiger charge is -2.24. The Morgan fingerprint density at radius 3 is 2.28 bits per heavy atom. The number of hydrogen-bond donors (Lipinski definition) is 2. The predicted molar refractivity (Wildman–Crippen MR) is 146 cm³/mol. The van der Waals surface area contributed by atoms with Crippen LogP contribution in [-0.2, 0) is 16.1 Å². The van der Waals surface area contributed by atoms with Gasteiger partial charge in [-0.2, -0.15) is 0 Å². The van der Waals surface area contributed by atoms with Crippen molar-refractivity contribution in [3.63, 3.8) is 0 Å². The van der Waals surface area contributed by atoms with Crippen LogP contribution in [0.3, 0.4) is 0 Å². The second-order valence-corrected chi connectivity index (χ2v) is 9.30. The monoisotopic (exact) mass is 523 g/mol. The third-order valence-corrected chi connectivity index (χ3v) is 6.45. The van der Waals surface area contributed by atoms with Crippen LogP contribution < -0.4 is 10.6 Å². The fraction of sp³-hybridized carbons (Fsp3) is 0.129. The molecule has 0 spiro atoms. The molecule has 39 heavy (non-hydrogen) atoms. The number of benzene rings is 4. The standard InChI is InChI=1S/C31H26FN3O4/c1-20-10-12-21(13-11-20)19-35-27(30(37)33-25-16-14-24(32)15-17-25)28(39-31(35)38)23-8-5-9-26(18-23)34-29(36)22-6-3-2-4-7-22/h2-18,27-28H,19H2,1H3,(H,33,37)(H,34,36)/t27-,28-/m0/s1. The van der Waals surface area contributed by atoms with Crippen molar-refractivity contribution in [1.29, 1.82) is 0 Å². The van der Waals surface area contributed by atoms with Crippen molar-refractivity contribution < 1.29 is 23.5 Å². The number of carbonyl (C=O) groups is 3. The number of amides is 3. The Bertz CT molecular complexity index is 1490. The van der Waals surface area contributed by atoms with Gasteiger partial charge in [0.25, 0.3) is 11.8 Å². The van der Waals surface area contributed by atoms with Gasteiger partial charge >= 0.3 is 6.09 Å². The Hall–Kier alpha value is -4.98. The smallest absolute Gasteiger partial charge is 0.411 e. The topological polar surface area (TPSA) is 87.7 Å². The Kier molecular flexibility index (Phi) is 7.36. The average molecular weight is 524 g/mol. The maximum absolute atomic E-state index is 13.6. The lowest BCUT2D eigenvalue weighted by atomic mass is 9.99. The number of aryl methyl sites for hydroxylation is 1. The van der Waals surface area contributed by atoms with Crippen LogP contribution in [0.5, 0.6) is 0 Å². The van der Waals surface area contributed by atoms with E-state index in [0.717, 1.165) is 11.1 Å². The molecule has 1 aliphatic heterocycles. The highest BCUT2D eigenvalue weighted by Crippen LogP contribution is 2.35. The summed E-state index contributed by atoms with van der Waals surface area (Å²) in [6, 6.07) is 27.7. The first-order valence-corrected chi connectivity index (χ1v) is 12.4. The lowest BCUT2D eigenvalue weighted by molar-refractivity contribution is -0.121. The van der Waals surface area contributed by atoms with Gasteiger partial charge in [0.15, 0.2) is 12.1 Å². The summed E-state index contributed by atoms with van der Waals surface area (Å²) in [6.45, 7) is 2.12. The number of ether oxygens (including phenoxy) is 1. The molecule has 1 fully saturated rings. The molecule has 1 saturated heterocycles. The molecule has 2 N–H and O–H groups in total. The number of halogens is 1. The van der Waals surface area contributed by atoms with Gasteiger partial charge in [-0.1, -0.05) is 60.2 Å². The molecule has 0 bridgehead atoms. The summed E-state index contributed by atoms with van der Waals surface area (Å²) in [5, 5.41) is 5.63. The van der Waals surface area contributed by atoms with Gasteiger partial charge in [-0.15, -0.1) is 0 Å². The van der Waals surface area contributed by atoms with Crippen molar-refractivity contribution in [3.8, 4) is 0 Å². The molecule has 0 saturated carbocycles. The second kappa shape index (κ2) is 11.2. The number of anilines is 2. The summed E-state index contributed by atoms with van der Waals surface area (Å²) < 4.78 is 19.2. The minimum atomic E-state index is -1.02. The van der Waals surface area contributed by atoms with Crippen LogP contribution in [0.15, 0.2) is 103 Å². The molecule has 8 heteroatoms. The number of carbonyl (C=O) groups excluding carboxylic acids is 3. The molecular formula is C31H26FN3O4. The van der Waals surface area contributed by atoms with Crippen LogP contribution >= 0.6 is 0 Å². The second-order valence-electron chi connectivity index (χ2n) is 9.30. The molecule has 7 nitrogen and oxygen atoms in total. The van der Waals surface area contributed by atoms with Crippen molar-refractivity contribution in [2.45, 2.75) is 25.6 Å². The fourth-order valence-corrected chi connectivity index (χ4v) is 4.44. The van der Waals surface area contributed by atoms with Gasteiger partial charge in [-0.05, 0) is 66.6 Å². The molecule has 0 aromatic heterocycles. The van der Waals surface area contributed by atoms with E-state index in [9.17, 15) is 18.8 Å². The zero-order valence-electron chi connectivity index (χ0n) is 21.1. The third-order valence-electron chi connectivity index (χ3n) is 6.45. The first-order chi connectivity index (χ1) is 18.9. The lowest BCUT2D eigenvalue weighted by Crippen LogP contribution is -2.43. The maximum atomic E-state index is 13.6. The zero-order valence-corrected chi connectivity index (χ0v) is 21.1. The Labute approximate surface area is 225 Å². The summed E-state index contributed by atoms with van der Waals surface area (Å²) >= 11 is 0. The fourth-order valence-electron chi connectivity index (χ4n) is 4.44. The molecule has 0 unspecified atom stereocenters. The first-order valence-electron chi connectivity index (χ1n) is 12.4. The summed E-state index contributed by atoms with van der Waals surface area (Å²) in [4.78, 5) is 40.7. The number of hydrogen-bond acceptors (Lipinski definition) is 4. The predicted octanol–water partition coefficient (Wildman–Crippen LogP) is 6.09. The van der Waals surface area contributed by atoms with E-state index in [1.165, 1.54) is 29.2 Å². The van der Waals surface area contributed by atoms with Crippen LogP contribution in [0.4, 0.5) is 20.6 Å². The molecule has 4 aromatic rings. The quantitative estimate of drug-likeness (QED) is 0.307. The van der Waals surface area contributed by atoms with Crippen molar-refractivity contribution in [2.75, 3.05) is 10.6 Å². The summed E-state index contributed by atoms with van der Waals surface area (Å²) in [6.07, 6.45) is -1.59. The largest absolute Gasteiger partial charge is 0.438 e. The van der Waals surface area contributed by atoms with Crippen LogP contribution in [0.2, 0.25) is 0 Å². The third kappa shape index (κ3) is 5.96. The van der Waals surface area contributed by atoms with E-state index >= 15 is 0 Å². The van der Waals surface area contributed by atoms with Crippen molar-refractivity contribution in [2.24, 2.45) is 0 Å². The van der Waals surface area contributed by atoms with Crippen LogP contribution in [0.1, 0.15) is 33.2 Å². The van der Waals surface area contributed by atoms with E-state index in [0.29, 0.717) is 22.5 Å². The highest BCUT2D eigenvalue weighted by Gasteiger charge is 2.47. The number of nitrogens with one attached hydrogen (secondary N) is 2. The average Bonchev–Trinajstić information content (AvgIpc) is 3.27. The van der Waals surface area contributed by atoms with E-state index in [4.69, 9.17) is 4.74 Å². The highest BCUT2D eigenvalue weighted by atomic mass is 19.1. The molecule has 3 amide bonds. The van der Waals surface area contributed by atoms with E-state index in [2.05, 4.69) is 10.6 Å². The van der Waals surface area contributed by atoms with Crippen molar-refractivity contribution in [1.82, 2.24) is 4.90 Å². The Balaban J connectivity index is 1.44. The Morgan fingerprint density at radius 2 is 1.56 bits per heavy atom. The maximum Gasteiger partial charge on any atom is 0.411 e. The number of cyclic esters (lactones) is 1. The zero-order chi connectivity index (χ0) is 27.4. The van der Waals surface area contributed by atoms with E-state index < -0.39 is 30.0 Å². The van der Waals surface area contributed by atoms with Crippen LogP contribution in [-0.4, -0.2) is 28.8 Å². The molecule has 196 valence electrons. The normalized spacial score (nSPS) is 16.5. The molecule has 0 aliphatic carbocycles. The molecule has 5 rings (SSSR count). The molecular weight excluding hydrogens is 497 g/mol. The molecule has 1 aliphatic rings. The highest BCUT2D eigenvalue weighted by molar-refractivity contribution is 6.04.